The molecule has 4 aromatic heterocycles. The van der Waals surface area contributed by atoms with Crippen LogP contribution in [0.2, 0.25) is 0 Å². The van der Waals surface area contributed by atoms with Crippen LogP contribution in [0.3, 0.4) is 0 Å². The lowest BCUT2D eigenvalue weighted by Gasteiger charge is -2.35. The van der Waals surface area contributed by atoms with E-state index in [4.69, 9.17) is 15.0 Å². The van der Waals surface area contributed by atoms with E-state index in [9.17, 15) is 0 Å². The summed E-state index contributed by atoms with van der Waals surface area (Å²) in [5, 5.41) is 10.0. The van der Waals surface area contributed by atoms with Gasteiger partial charge >= 0.3 is 0 Å². The quantitative estimate of drug-likeness (QED) is 0.173. The van der Waals surface area contributed by atoms with Gasteiger partial charge in [-0.2, -0.15) is 0 Å². The molecular formula is C61H39N5S2. The Morgan fingerprint density at radius 2 is 1.10 bits per heavy atom. The summed E-state index contributed by atoms with van der Waals surface area (Å²) >= 11 is 3.78. The smallest absolute Gasteiger partial charge is 0.166 e. The Kier molecular flexibility index (Phi) is 8.35. The second-order valence-electron chi connectivity index (χ2n) is 18.1. The summed E-state index contributed by atoms with van der Waals surface area (Å²) in [6.45, 7) is 0. The first kappa shape index (κ1) is 38.3. The van der Waals surface area contributed by atoms with Crippen LogP contribution in [-0.2, 0) is 0 Å². The minimum Gasteiger partial charge on any atom is -0.336 e. The summed E-state index contributed by atoms with van der Waals surface area (Å²) in [5.41, 5.74) is 10.4. The molecule has 68 heavy (non-hydrogen) atoms. The van der Waals surface area contributed by atoms with Crippen LogP contribution < -0.4 is 0 Å². The normalized spacial score (nSPS) is 16.9. The van der Waals surface area contributed by atoms with Gasteiger partial charge in [0.25, 0.3) is 0 Å². The minimum atomic E-state index is 0.0672. The SMILES string of the molecule is C1=C(c2nc(-c3cccc4c3sc3ccccc34)nc(-c3cccc4c5ccccc5n(-c5ccccc5)c34)n2)C2Sc3ccccc3C2C(n2c3ccccc3c3cc4ccccc4cc32)C1. The average Bonchev–Trinajstić information content (AvgIpc) is 4.16. The first-order chi connectivity index (χ1) is 33.7. The molecule has 0 saturated carbocycles. The third-order valence-corrected chi connectivity index (χ3v) is 17.2. The molecule has 0 fully saturated rings. The van der Waals surface area contributed by atoms with Gasteiger partial charge in [0.15, 0.2) is 17.5 Å². The van der Waals surface area contributed by atoms with E-state index in [1.54, 1.807) is 0 Å². The number of fused-ring (bicyclic) bond motifs is 13. The number of para-hydroxylation sites is 4. The zero-order valence-electron chi connectivity index (χ0n) is 36.6. The Bertz CT molecular complexity index is 4250. The van der Waals surface area contributed by atoms with Crippen LogP contribution in [0.5, 0.6) is 0 Å². The van der Waals surface area contributed by atoms with E-state index >= 15 is 0 Å². The number of thiophene rings is 1. The first-order valence-corrected chi connectivity index (χ1v) is 25.1. The van der Waals surface area contributed by atoms with Crippen molar-refractivity contribution in [2.75, 3.05) is 0 Å². The van der Waals surface area contributed by atoms with Crippen molar-refractivity contribution in [3.8, 4) is 28.5 Å². The highest BCUT2D eigenvalue weighted by molar-refractivity contribution is 8.00. The number of nitrogens with zero attached hydrogens (tertiary/aromatic N) is 5. The Labute approximate surface area is 399 Å². The zero-order valence-corrected chi connectivity index (χ0v) is 38.3. The van der Waals surface area contributed by atoms with Crippen LogP contribution in [0.25, 0.3) is 109 Å². The molecule has 2 aliphatic rings. The molecule has 0 bridgehead atoms. The van der Waals surface area contributed by atoms with Gasteiger partial charge in [0, 0.05) is 91.7 Å². The maximum absolute atomic E-state index is 5.66. The van der Waals surface area contributed by atoms with Crippen molar-refractivity contribution in [2.24, 2.45) is 0 Å². The van der Waals surface area contributed by atoms with E-state index in [1.807, 2.05) is 23.1 Å². The van der Waals surface area contributed by atoms with Crippen molar-refractivity contribution < 1.29 is 0 Å². The largest absolute Gasteiger partial charge is 0.336 e. The average molecular weight is 906 g/mol. The van der Waals surface area contributed by atoms with Crippen molar-refractivity contribution >= 4 is 103 Å². The van der Waals surface area contributed by atoms with E-state index in [2.05, 4.69) is 215 Å². The Morgan fingerprint density at radius 3 is 1.96 bits per heavy atom. The molecule has 7 heteroatoms. The number of benzene rings is 9. The van der Waals surface area contributed by atoms with Gasteiger partial charge in [0.2, 0.25) is 0 Å². The predicted molar refractivity (Wildman–Crippen MR) is 285 cm³/mol. The van der Waals surface area contributed by atoms with Gasteiger partial charge in [-0.1, -0.05) is 146 Å². The lowest BCUT2D eigenvalue weighted by Crippen LogP contribution is -2.28. The molecule has 0 spiro atoms. The molecule has 13 aromatic rings. The van der Waals surface area contributed by atoms with Crippen LogP contribution in [0.1, 0.15) is 29.8 Å². The molecule has 5 nitrogen and oxygen atoms in total. The Hall–Kier alpha value is -7.84. The Balaban J connectivity index is 0.988. The minimum absolute atomic E-state index is 0.0672. The van der Waals surface area contributed by atoms with Gasteiger partial charge in [-0.05, 0) is 83.4 Å². The van der Waals surface area contributed by atoms with Gasteiger partial charge in [-0.25, -0.2) is 15.0 Å². The monoisotopic (exact) mass is 905 g/mol. The van der Waals surface area contributed by atoms with Crippen molar-refractivity contribution in [1.29, 1.82) is 0 Å². The molecule has 320 valence electrons. The van der Waals surface area contributed by atoms with Crippen LogP contribution in [0.15, 0.2) is 211 Å². The van der Waals surface area contributed by atoms with Crippen molar-refractivity contribution in [2.45, 2.75) is 28.5 Å². The molecule has 15 rings (SSSR count). The number of rotatable bonds is 5. The van der Waals surface area contributed by atoms with Gasteiger partial charge in [0.05, 0.1) is 16.6 Å². The highest BCUT2D eigenvalue weighted by atomic mass is 32.2. The fraction of sp³-hybridized carbons (Fsp3) is 0.0656. The first-order valence-electron chi connectivity index (χ1n) is 23.4. The van der Waals surface area contributed by atoms with Crippen molar-refractivity contribution in [1.82, 2.24) is 24.1 Å². The molecule has 0 radical (unpaired) electrons. The molecular weight excluding hydrogens is 867 g/mol. The molecule has 0 saturated heterocycles. The number of hydrogen-bond donors (Lipinski definition) is 0. The fourth-order valence-electron chi connectivity index (χ4n) is 11.7. The summed E-state index contributed by atoms with van der Waals surface area (Å²) in [6, 6.07) is 73.1. The van der Waals surface area contributed by atoms with E-state index in [0.29, 0.717) is 11.6 Å². The van der Waals surface area contributed by atoms with Gasteiger partial charge in [-0.15, -0.1) is 23.1 Å². The van der Waals surface area contributed by atoms with E-state index in [1.165, 1.54) is 74.2 Å². The number of hydrogen-bond acceptors (Lipinski definition) is 5. The molecule has 0 N–H and O–H groups in total. The summed E-state index contributed by atoms with van der Waals surface area (Å²) in [6.07, 6.45) is 3.29. The number of aromatic nitrogens is 5. The molecule has 1 aliphatic carbocycles. The lowest BCUT2D eigenvalue weighted by atomic mass is 9.79. The van der Waals surface area contributed by atoms with Crippen LogP contribution in [-0.4, -0.2) is 29.3 Å². The van der Waals surface area contributed by atoms with E-state index in [0.717, 1.165) is 45.5 Å². The maximum Gasteiger partial charge on any atom is 0.166 e. The molecule has 9 aromatic carbocycles. The Morgan fingerprint density at radius 1 is 0.471 bits per heavy atom. The highest BCUT2D eigenvalue weighted by Gasteiger charge is 2.45. The van der Waals surface area contributed by atoms with Gasteiger partial charge < -0.3 is 9.13 Å². The predicted octanol–water partition coefficient (Wildman–Crippen LogP) is 16.2. The van der Waals surface area contributed by atoms with Crippen molar-refractivity contribution in [3.05, 3.63) is 218 Å². The lowest BCUT2D eigenvalue weighted by molar-refractivity contribution is 0.434. The van der Waals surface area contributed by atoms with Gasteiger partial charge in [-0.3, -0.25) is 0 Å². The summed E-state index contributed by atoms with van der Waals surface area (Å²) < 4.78 is 7.49. The summed E-state index contributed by atoms with van der Waals surface area (Å²) in [4.78, 5) is 18.1. The molecule has 0 amide bonds. The third kappa shape index (κ3) is 5.60. The van der Waals surface area contributed by atoms with E-state index in [-0.39, 0.29) is 17.2 Å². The third-order valence-electron chi connectivity index (χ3n) is 14.6. The highest BCUT2D eigenvalue weighted by Crippen LogP contribution is 2.59. The second-order valence-corrected chi connectivity index (χ2v) is 20.4. The van der Waals surface area contributed by atoms with E-state index < -0.39 is 0 Å². The standard InChI is InChI=1S/C61H39N5S2/c1-2-18-38(19-3-1)65-49-28-10-6-20-39(49)42-24-14-26-45(56(42)65)59-62-60(46-27-15-25-43-41-22-8-12-30-53(41)67-57(43)46)64-61(63-59)47-32-33-51(55-44-23-9-13-31-54(44)68-58(47)55)66-50-29-11-7-21-40(50)48-34-36-16-4-5-17-37(36)35-52(48)66/h1-32,34-35,51,55,58H,33H2. The molecule has 1 aliphatic heterocycles. The number of allylic oxidation sites excluding steroid dienone is 1. The topological polar surface area (TPSA) is 48.5 Å². The molecule has 3 unspecified atom stereocenters. The molecule has 5 heterocycles. The molecule has 3 atom stereocenters. The zero-order chi connectivity index (χ0) is 44.5. The summed E-state index contributed by atoms with van der Waals surface area (Å²) in [5.74, 6) is 2.27. The van der Waals surface area contributed by atoms with Crippen LogP contribution in [0.4, 0.5) is 0 Å². The second kappa shape index (κ2) is 14.8. The fourth-order valence-corrected chi connectivity index (χ4v) is 14.4. The van der Waals surface area contributed by atoms with Crippen molar-refractivity contribution in [3.63, 3.8) is 0 Å². The summed E-state index contributed by atoms with van der Waals surface area (Å²) in [7, 11) is 0. The number of thioether (sulfide) groups is 1. The van der Waals surface area contributed by atoms with Crippen LogP contribution in [0, 0.1) is 0 Å². The van der Waals surface area contributed by atoms with Gasteiger partial charge in [0.1, 0.15) is 0 Å². The van der Waals surface area contributed by atoms with Crippen LogP contribution >= 0.6 is 23.1 Å². The maximum atomic E-state index is 5.66.